The van der Waals surface area contributed by atoms with Crippen LogP contribution in [-0.4, -0.2) is 51.5 Å². The quantitative estimate of drug-likeness (QED) is 0.544. The van der Waals surface area contributed by atoms with Gasteiger partial charge >= 0.3 is 0 Å². The van der Waals surface area contributed by atoms with Crippen molar-refractivity contribution < 1.29 is 9.18 Å². The predicted octanol–water partition coefficient (Wildman–Crippen LogP) is 3.96. The summed E-state index contributed by atoms with van der Waals surface area (Å²) in [4.78, 5) is 14.5. The number of carbonyl (C=O) groups excluding carboxylic acids is 1. The van der Waals surface area contributed by atoms with Gasteiger partial charge < -0.3 is 5.32 Å². The highest BCUT2D eigenvalue weighted by atomic mass is 32.2. The van der Waals surface area contributed by atoms with E-state index < -0.39 is 0 Å². The summed E-state index contributed by atoms with van der Waals surface area (Å²) in [7, 11) is 3.95. The van der Waals surface area contributed by atoms with Gasteiger partial charge in [0.1, 0.15) is 5.82 Å². The maximum atomic E-state index is 13.4. The molecule has 0 saturated heterocycles. The zero-order valence-corrected chi connectivity index (χ0v) is 18.2. The first-order valence-corrected chi connectivity index (χ1v) is 11.2. The SMILES string of the molecule is C[C@@H](c1nnc(SCC(=O)NC2CCCCCC2)n1-c1ccc(F)cc1)N(C)C. The Hall–Kier alpha value is -1.93. The molecule has 1 amide bonds. The Morgan fingerprint density at radius 3 is 2.48 bits per heavy atom. The third-order valence-electron chi connectivity index (χ3n) is 5.44. The van der Waals surface area contributed by atoms with Crippen LogP contribution in [-0.2, 0) is 4.79 Å². The molecule has 0 aliphatic heterocycles. The number of rotatable bonds is 7. The molecule has 1 atom stereocenters. The number of hydrogen-bond donors (Lipinski definition) is 1. The van der Waals surface area contributed by atoms with Gasteiger partial charge in [-0.2, -0.15) is 0 Å². The molecule has 6 nitrogen and oxygen atoms in total. The molecule has 1 fully saturated rings. The van der Waals surface area contributed by atoms with Crippen LogP contribution in [0.4, 0.5) is 4.39 Å². The number of nitrogens with zero attached hydrogens (tertiary/aromatic N) is 4. The molecule has 1 saturated carbocycles. The Morgan fingerprint density at radius 1 is 1.21 bits per heavy atom. The van der Waals surface area contributed by atoms with Gasteiger partial charge in [-0.05, 0) is 58.1 Å². The van der Waals surface area contributed by atoms with Crippen LogP contribution < -0.4 is 5.32 Å². The van der Waals surface area contributed by atoms with Crippen LogP contribution in [0.1, 0.15) is 57.3 Å². The lowest BCUT2D eigenvalue weighted by Gasteiger charge is -2.20. The van der Waals surface area contributed by atoms with E-state index in [1.165, 1.54) is 49.6 Å². The Kier molecular flexibility index (Phi) is 7.66. The van der Waals surface area contributed by atoms with E-state index in [2.05, 4.69) is 15.5 Å². The highest BCUT2D eigenvalue weighted by Crippen LogP contribution is 2.27. The Labute approximate surface area is 176 Å². The molecular weight excluding hydrogens is 389 g/mol. The molecule has 2 aromatic rings. The highest BCUT2D eigenvalue weighted by molar-refractivity contribution is 7.99. The molecule has 1 aliphatic rings. The summed E-state index contributed by atoms with van der Waals surface area (Å²) in [5, 5.41) is 12.5. The van der Waals surface area contributed by atoms with Crippen LogP contribution in [0.3, 0.4) is 0 Å². The van der Waals surface area contributed by atoms with Gasteiger partial charge in [-0.25, -0.2) is 4.39 Å². The van der Waals surface area contributed by atoms with Gasteiger partial charge in [0.15, 0.2) is 11.0 Å². The molecule has 1 heterocycles. The fourth-order valence-electron chi connectivity index (χ4n) is 3.53. The molecule has 0 radical (unpaired) electrons. The lowest BCUT2D eigenvalue weighted by Crippen LogP contribution is -2.35. The fraction of sp³-hybridized carbons (Fsp3) is 0.571. The molecule has 1 aromatic heterocycles. The second-order valence-electron chi connectivity index (χ2n) is 7.84. The minimum absolute atomic E-state index is 0.0155. The van der Waals surface area contributed by atoms with Gasteiger partial charge in [0.2, 0.25) is 5.91 Å². The van der Waals surface area contributed by atoms with E-state index in [-0.39, 0.29) is 29.6 Å². The van der Waals surface area contributed by atoms with E-state index in [1.807, 2.05) is 30.5 Å². The van der Waals surface area contributed by atoms with Crippen molar-refractivity contribution in [3.8, 4) is 5.69 Å². The van der Waals surface area contributed by atoms with Crippen molar-refractivity contribution in [1.29, 1.82) is 0 Å². The van der Waals surface area contributed by atoms with Crippen molar-refractivity contribution in [1.82, 2.24) is 25.0 Å². The number of benzene rings is 1. The highest BCUT2D eigenvalue weighted by Gasteiger charge is 2.22. The van der Waals surface area contributed by atoms with Gasteiger partial charge in [-0.1, -0.05) is 37.4 Å². The molecule has 158 valence electrons. The van der Waals surface area contributed by atoms with Crippen LogP contribution in [0.5, 0.6) is 0 Å². The molecule has 1 aliphatic carbocycles. The third kappa shape index (κ3) is 5.79. The van der Waals surface area contributed by atoms with E-state index in [4.69, 9.17) is 0 Å². The molecule has 0 unspecified atom stereocenters. The molecule has 1 aromatic carbocycles. The van der Waals surface area contributed by atoms with Gasteiger partial charge in [0.05, 0.1) is 11.8 Å². The first-order chi connectivity index (χ1) is 14.0. The summed E-state index contributed by atoms with van der Waals surface area (Å²) in [6.07, 6.45) is 7.01. The minimum Gasteiger partial charge on any atom is -0.353 e. The zero-order chi connectivity index (χ0) is 20.8. The fourth-order valence-corrected chi connectivity index (χ4v) is 4.30. The van der Waals surface area contributed by atoms with Gasteiger partial charge in [-0.15, -0.1) is 10.2 Å². The van der Waals surface area contributed by atoms with Crippen LogP contribution >= 0.6 is 11.8 Å². The van der Waals surface area contributed by atoms with Crippen LogP contribution in [0.25, 0.3) is 5.69 Å². The van der Waals surface area contributed by atoms with Crippen molar-refractivity contribution in [2.45, 2.75) is 62.7 Å². The van der Waals surface area contributed by atoms with Crippen molar-refractivity contribution in [3.05, 3.63) is 35.9 Å². The normalized spacial score (nSPS) is 16.6. The molecule has 0 bridgehead atoms. The molecule has 3 rings (SSSR count). The van der Waals surface area contributed by atoms with Crippen LogP contribution in [0.15, 0.2) is 29.4 Å². The van der Waals surface area contributed by atoms with Crippen LogP contribution in [0, 0.1) is 5.82 Å². The predicted molar refractivity (Wildman–Crippen MR) is 114 cm³/mol. The van der Waals surface area contributed by atoms with E-state index in [0.29, 0.717) is 5.16 Å². The van der Waals surface area contributed by atoms with Crippen molar-refractivity contribution in [2.24, 2.45) is 0 Å². The number of amides is 1. The van der Waals surface area contributed by atoms with Crippen molar-refractivity contribution in [2.75, 3.05) is 19.8 Å². The third-order valence-corrected chi connectivity index (χ3v) is 6.37. The first-order valence-electron chi connectivity index (χ1n) is 10.3. The van der Waals surface area contributed by atoms with Crippen LogP contribution in [0.2, 0.25) is 0 Å². The summed E-state index contributed by atoms with van der Waals surface area (Å²) >= 11 is 1.36. The maximum absolute atomic E-state index is 13.4. The average molecular weight is 420 g/mol. The Bertz CT molecular complexity index is 800. The molecule has 1 N–H and O–H groups in total. The lowest BCUT2D eigenvalue weighted by molar-refractivity contribution is -0.119. The van der Waals surface area contributed by atoms with Crippen molar-refractivity contribution in [3.63, 3.8) is 0 Å². The Balaban J connectivity index is 1.74. The number of thioether (sulfide) groups is 1. The first kappa shape index (κ1) is 21.8. The number of aromatic nitrogens is 3. The Morgan fingerprint density at radius 2 is 1.86 bits per heavy atom. The maximum Gasteiger partial charge on any atom is 0.230 e. The minimum atomic E-state index is -0.291. The number of carbonyl (C=O) groups is 1. The molecule has 0 spiro atoms. The number of nitrogens with one attached hydrogen (secondary N) is 1. The molecule has 8 heteroatoms. The van der Waals surface area contributed by atoms with E-state index in [9.17, 15) is 9.18 Å². The average Bonchev–Trinajstić information content (AvgIpc) is 2.95. The van der Waals surface area contributed by atoms with Gasteiger partial charge in [0.25, 0.3) is 0 Å². The monoisotopic (exact) mass is 419 g/mol. The van der Waals surface area contributed by atoms with E-state index in [0.717, 1.165) is 24.4 Å². The topological polar surface area (TPSA) is 63.1 Å². The molecular formula is C21H30FN5OS. The van der Waals surface area contributed by atoms with Crippen molar-refractivity contribution >= 4 is 17.7 Å². The summed E-state index contributed by atoms with van der Waals surface area (Å²) in [6, 6.07) is 6.56. The van der Waals surface area contributed by atoms with E-state index >= 15 is 0 Å². The smallest absolute Gasteiger partial charge is 0.230 e. The summed E-state index contributed by atoms with van der Waals surface area (Å²) in [5.41, 5.74) is 0.784. The standard InChI is InChI=1S/C21H30FN5OS/c1-15(26(2)3)20-24-25-21(27(20)18-12-10-16(22)11-13-18)29-14-19(28)23-17-8-6-4-5-7-9-17/h10-13,15,17H,4-9,14H2,1-3H3,(H,23,28)/t15-/m0/s1. The second kappa shape index (κ2) is 10.2. The number of halogens is 1. The summed E-state index contributed by atoms with van der Waals surface area (Å²) in [5.74, 6) is 0.777. The van der Waals surface area contributed by atoms with E-state index in [1.54, 1.807) is 12.1 Å². The molecule has 29 heavy (non-hydrogen) atoms. The second-order valence-corrected chi connectivity index (χ2v) is 8.78. The number of hydrogen-bond acceptors (Lipinski definition) is 5. The summed E-state index contributed by atoms with van der Waals surface area (Å²) < 4.78 is 15.3. The zero-order valence-electron chi connectivity index (χ0n) is 17.4. The lowest BCUT2D eigenvalue weighted by atomic mass is 10.1. The van der Waals surface area contributed by atoms with Gasteiger partial charge in [0, 0.05) is 11.7 Å². The largest absolute Gasteiger partial charge is 0.353 e. The van der Waals surface area contributed by atoms with Gasteiger partial charge in [-0.3, -0.25) is 14.3 Å². The summed E-state index contributed by atoms with van der Waals surface area (Å²) in [6.45, 7) is 2.04.